The van der Waals surface area contributed by atoms with E-state index in [2.05, 4.69) is 26.5 Å². The van der Waals surface area contributed by atoms with E-state index >= 15 is 0 Å². The van der Waals surface area contributed by atoms with Gasteiger partial charge in [-0.1, -0.05) is 17.7 Å². The van der Waals surface area contributed by atoms with Crippen LogP contribution >= 0.6 is 11.6 Å². The van der Waals surface area contributed by atoms with Gasteiger partial charge in [-0.05, 0) is 36.8 Å². The molecule has 0 unspecified atom stereocenters. The Hall–Kier alpha value is -4.02. The minimum Gasteiger partial charge on any atom is -0.490 e. The largest absolute Gasteiger partial charge is 0.490 e. The molecule has 178 valence electrons. The van der Waals surface area contributed by atoms with Gasteiger partial charge in [-0.2, -0.15) is 0 Å². The molecule has 6 N–H and O–H groups in total. The van der Waals surface area contributed by atoms with Crippen LogP contribution in [0.15, 0.2) is 54.7 Å². The molecule has 0 radical (unpaired) electrons. The Balaban J connectivity index is 1.63. The summed E-state index contributed by atoms with van der Waals surface area (Å²) in [6.07, 6.45) is 1.48. The van der Waals surface area contributed by atoms with Crippen LogP contribution in [0.2, 0.25) is 5.02 Å². The first-order valence-electron chi connectivity index (χ1n) is 10.3. The van der Waals surface area contributed by atoms with Crippen LogP contribution in [0.5, 0.6) is 17.2 Å². The first kappa shape index (κ1) is 24.6. The van der Waals surface area contributed by atoms with Gasteiger partial charge in [0.05, 0.1) is 11.4 Å². The van der Waals surface area contributed by atoms with Crippen LogP contribution in [-0.2, 0) is 0 Å². The van der Waals surface area contributed by atoms with Crippen molar-refractivity contribution in [1.82, 2.24) is 15.7 Å². The SMILES string of the molecule is CNC(=O)c1cc(Oc2cccc(NNC(=O)Nc3cc(C)c(Cl)cc3OCCN)c2)ccn1. The molecule has 0 aliphatic rings. The summed E-state index contributed by atoms with van der Waals surface area (Å²) in [5.41, 5.74) is 12.9. The number of rotatable bonds is 9. The van der Waals surface area contributed by atoms with E-state index in [0.717, 1.165) is 5.56 Å². The summed E-state index contributed by atoms with van der Waals surface area (Å²) in [5, 5.41) is 5.75. The Morgan fingerprint density at radius 2 is 1.91 bits per heavy atom. The molecule has 0 saturated carbocycles. The predicted molar refractivity (Wildman–Crippen MR) is 131 cm³/mol. The van der Waals surface area contributed by atoms with E-state index < -0.39 is 6.03 Å². The molecule has 0 aliphatic carbocycles. The third kappa shape index (κ3) is 6.74. The van der Waals surface area contributed by atoms with Crippen molar-refractivity contribution in [2.75, 3.05) is 30.9 Å². The number of urea groups is 1. The monoisotopic (exact) mass is 484 g/mol. The molecule has 1 aromatic heterocycles. The quantitative estimate of drug-likeness (QED) is 0.292. The van der Waals surface area contributed by atoms with Crippen molar-refractivity contribution in [2.24, 2.45) is 5.73 Å². The highest BCUT2D eigenvalue weighted by Crippen LogP contribution is 2.31. The zero-order valence-corrected chi connectivity index (χ0v) is 19.4. The third-order valence-corrected chi connectivity index (χ3v) is 4.87. The van der Waals surface area contributed by atoms with E-state index in [1.54, 1.807) is 42.5 Å². The molecule has 2 aromatic carbocycles. The van der Waals surface area contributed by atoms with E-state index in [-0.39, 0.29) is 18.2 Å². The highest BCUT2D eigenvalue weighted by Gasteiger charge is 2.11. The van der Waals surface area contributed by atoms with Gasteiger partial charge in [-0.15, -0.1) is 0 Å². The van der Waals surface area contributed by atoms with Gasteiger partial charge in [0.15, 0.2) is 0 Å². The number of nitrogens with two attached hydrogens (primary N) is 1. The van der Waals surface area contributed by atoms with Crippen LogP contribution in [0.25, 0.3) is 0 Å². The lowest BCUT2D eigenvalue weighted by atomic mass is 10.2. The van der Waals surface area contributed by atoms with E-state index in [1.165, 1.54) is 19.3 Å². The number of amides is 3. The van der Waals surface area contributed by atoms with Gasteiger partial charge < -0.3 is 25.8 Å². The highest BCUT2D eigenvalue weighted by atomic mass is 35.5. The van der Waals surface area contributed by atoms with E-state index in [9.17, 15) is 9.59 Å². The molecule has 0 bridgehead atoms. The summed E-state index contributed by atoms with van der Waals surface area (Å²) in [6.45, 7) is 2.43. The maximum Gasteiger partial charge on any atom is 0.337 e. The first-order chi connectivity index (χ1) is 16.4. The third-order valence-electron chi connectivity index (χ3n) is 4.47. The fourth-order valence-corrected chi connectivity index (χ4v) is 2.99. The van der Waals surface area contributed by atoms with Crippen LogP contribution < -0.4 is 36.7 Å². The lowest BCUT2D eigenvalue weighted by Gasteiger charge is -2.15. The van der Waals surface area contributed by atoms with Gasteiger partial charge >= 0.3 is 6.03 Å². The van der Waals surface area contributed by atoms with Crippen LogP contribution in [0.4, 0.5) is 16.2 Å². The van der Waals surface area contributed by atoms with E-state index in [0.29, 0.717) is 40.2 Å². The normalized spacial score (nSPS) is 10.2. The summed E-state index contributed by atoms with van der Waals surface area (Å²) in [7, 11) is 1.53. The van der Waals surface area contributed by atoms with Crippen LogP contribution in [0, 0.1) is 6.92 Å². The van der Waals surface area contributed by atoms with Gasteiger partial charge in [-0.25, -0.2) is 4.79 Å². The highest BCUT2D eigenvalue weighted by molar-refractivity contribution is 6.31. The van der Waals surface area contributed by atoms with Gasteiger partial charge in [0, 0.05) is 43.0 Å². The van der Waals surface area contributed by atoms with Gasteiger partial charge in [0.2, 0.25) is 0 Å². The Morgan fingerprint density at radius 3 is 2.68 bits per heavy atom. The fourth-order valence-electron chi connectivity index (χ4n) is 2.83. The van der Waals surface area contributed by atoms with Crippen LogP contribution in [0.3, 0.4) is 0 Å². The zero-order valence-electron chi connectivity index (χ0n) is 18.6. The molecular formula is C23H25ClN6O4. The second-order valence-corrected chi connectivity index (χ2v) is 7.43. The van der Waals surface area contributed by atoms with Crippen molar-refractivity contribution in [3.8, 4) is 17.2 Å². The molecule has 11 heteroatoms. The molecule has 0 fully saturated rings. The molecule has 3 rings (SSSR count). The second-order valence-electron chi connectivity index (χ2n) is 7.02. The number of hydrogen-bond acceptors (Lipinski definition) is 7. The van der Waals surface area contributed by atoms with Gasteiger partial charge in [0.25, 0.3) is 5.91 Å². The summed E-state index contributed by atoms with van der Waals surface area (Å²) >= 11 is 6.16. The summed E-state index contributed by atoms with van der Waals surface area (Å²) in [6, 6.07) is 12.9. The predicted octanol–water partition coefficient (Wildman–Crippen LogP) is 3.68. The molecule has 1 heterocycles. The number of benzene rings is 2. The van der Waals surface area contributed by atoms with Crippen molar-refractivity contribution in [1.29, 1.82) is 0 Å². The minimum atomic E-state index is -0.519. The number of ether oxygens (including phenoxy) is 2. The minimum absolute atomic E-state index is 0.236. The first-order valence-corrected chi connectivity index (χ1v) is 10.7. The standard InChI is InChI=1S/C23H25ClN6O4/c1-14-10-19(21(13-18(14)24)33-9-7-25)28-23(32)30-29-15-4-3-5-16(11-15)34-17-6-8-27-20(12-17)22(31)26-2/h3-6,8,10-13,29H,7,9,25H2,1-2H3,(H,26,31)(H2,28,30,32). The van der Waals surface area contributed by atoms with Crippen LogP contribution in [-0.4, -0.2) is 37.1 Å². The number of halogens is 1. The summed E-state index contributed by atoms with van der Waals surface area (Å²) in [4.78, 5) is 28.2. The number of pyridine rings is 1. The summed E-state index contributed by atoms with van der Waals surface area (Å²) < 4.78 is 11.4. The number of carbonyl (C=O) groups is 2. The topological polar surface area (TPSA) is 140 Å². The maximum absolute atomic E-state index is 12.4. The maximum atomic E-state index is 12.4. The Morgan fingerprint density at radius 1 is 1.12 bits per heavy atom. The number of anilines is 2. The lowest BCUT2D eigenvalue weighted by molar-refractivity contribution is 0.0958. The smallest absolute Gasteiger partial charge is 0.337 e. The van der Waals surface area contributed by atoms with Crippen molar-refractivity contribution in [2.45, 2.75) is 6.92 Å². The van der Waals surface area contributed by atoms with Crippen molar-refractivity contribution < 1.29 is 19.1 Å². The molecule has 3 aromatic rings. The van der Waals surface area contributed by atoms with Crippen LogP contribution in [0.1, 0.15) is 16.1 Å². The lowest BCUT2D eigenvalue weighted by Crippen LogP contribution is -2.33. The number of carbonyl (C=O) groups excluding carboxylic acids is 2. The number of hydrogen-bond donors (Lipinski definition) is 5. The van der Waals surface area contributed by atoms with Crippen molar-refractivity contribution in [3.05, 3.63) is 71.0 Å². The Kier molecular flexibility index (Phi) is 8.49. The number of hydrazine groups is 1. The average Bonchev–Trinajstić information content (AvgIpc) is 2.84. The molecule has 0 saturated heterocycles. The summed E-state index contributed by atoms with van der Waals surface area (Å²) in [5.74, 6) is 1.04. The number of nitrogens with one attached hydrogen (secondary N) is 4. The molecular weight excluding hydrogens is 460 g/mol. The Bertz CT molecular complexity index is 1170. The van der Waals surface area contributed by atoms with Gasteiger partial charge in [-0.3, -0.25) is 20.6 Å². The zero-order chi connectivity index (χ0) is 24.5. The molecule has 34 heavy (non-hydrogen) atoms. The number of aryl methyl sites for hydroxylation is 1. The number of aromatic nitrogens is 1. The van der Waals surface area contributed by atoms with E-state index in [1.807, 2.05) is 6.92 Å². The molecule has 0 atom stereocenters. The van der Waals surface area contributed by atoms with E-state index in [4.69, 9.17) is 26.8 Å². The number of nitrogens with zero attached hydrogens (tertiary/aromatic N) is 1. The van der Waals surface area contributed by atoms with Crippen molar-refractivity contribution in [3.63, 3.8) is 0 Å². The average molecular weight is 485 g/mol. The fraction of sp³-hybridized carbons (Fsp3) is 0.174. The van der Waals surface area contributed by atoms with Crippen molar-refractivity contribution >= 4 is 34.9 Å². The van der Waals surface area contributed by atoms with Gasteiger partial charge in [0.1, 0.15) is 29.5 Å². The Labute approximate surface area is 201 Å². The second kappa shape index (κ2) is 11.7. The molecule has 3 amide bonds. The molecule has 0 aliphatic heterocycles. The molecule has 10 nitrogen and oxygen atoms in total. The molecule has 0 spiro atoms.